The van der Waals surface area contributed by atoms with Gasteiger partial charge in [-0.05, 0) is 25.3 Å². The molecule has 0 aliphatic heterocycles. The van der Waals surface area contributed by atoms with Gasteiger partial charge in [-0.2, -0.15) is 0 Å². The van der Waals surface area contributed by atoms with E-state index in [-0.39, 0.29) is 0 Å². The van der Waals surface area contributed by atoms with E-state index in [9.17, 15) is 0 Å². The molecule has 10 heavy (non-hydrogen) atoms. The Morgan fingerprint density at radius 3 is 2.70 bits per heavy atom. The first-order valence-electron chi connectivity index (χ1n) is 3.89. The fraction of sp³-hybridized carbons (Fsp3) is 0.400. The van der Waals surface area contributed by atoms with Crippen molar-refractivity contribution in [1.29, 1.82) is 0 Å². The first kappa shape index (κ1) is 7.33. The lowest BCUT2D eigenvalue weighted by molar-refractivity contribution is 1.09. The summed E-state index contributed by atoms with van der Waals surface area (Å²) in [4.78, 5) is 0. The summed E-state index contributed by atoms with van der Waals surface area (Å²) in [5.74, 6) is 0. The van der Waals surface area contributed by atoms with Gasteiger partial charge in [0.2, 0.25) is 0 Å². The Labute approximate surface area is 62.9 Å². The minimum atomic E-state index is 1.12. The zero-order valence-corrected chi connectivity index (χ0v) is 6.72. The third-order valence-corrected chi connectivity index (χ3v) is 1.89. The van der Waals surface area contributed by atoms with E-state index < -0.39 is 0 Å². The van der Waals surface area contributed by atoms with Gasteiger partial charge < -0.3 is 0 Å². The zero-order chi connectivity index (χ0) is 7.40. The van der Waals surface area contributed by atoms with Gasteiger partial charge in [0.25, 0.3) is 0 Å². The van der Waals surface area contributed by atoms with Gasteiger partial charge in [0.1, 0.15) is 0 Å². The van der Waals surface area contributed by atoms with Crippen molar-refractivity contribution in [3.63, 3.8) is 0 Å². The van der Waals surface area contributed by atoms with Crippen molar-refractivity contribution in [3.8, 4) is 0 Å². The minimum absolute atomic E-state index is 1.12. The molecule has 0 unspecified atom stereocenters. The maximum absolute atomic E-state index is 2.30. The highest BCUT2D eigenvalue weighted by Crippen LogP contribution is 2.16. The van der Waals surface area contributed by atoms with Crippen molar-refractivity contribution in [2.45, 2.75) is 26.7 Å². The Balaban J connectivity index is 2.63. The Hall–Kier alpha value is -0.780. The van der Waals surface area contributed by atoms with E-state index >= 15 is 0 Å². The monoisotopic (exact) mass is 134 g/mol. The van der Waals surface area contributed by atoms with Gasteiger partial charge in [-0.15, -0.1) is 0 Å². The second-order valence-corrected chi connectivity index (χ2v) is 2.53. The molecule has 0 saturated heterocycles. The van der Waals surface area contributed by atoms with Crippen LogP contribution < -0.4 is 0 Å². The molecule has 0 heteroatoms. The summed E-state index contributed by atoms with van der Waals surface area (Å²) in [5, 5.41) is 0. The van der Waals surface area contributed by atoms with Crippen molar-refractivity contribution >= 4 is 0 Å². The third-order valence-electron chi connectivity index (χ3n) is 1.89. The van der Waals surface area contributed by atoms with Crippen LogP contribution in [0.15, 0.2) is 35.5 Å². The van der Waals surface area contributed by atoms with Crippen LogP contribution in [-0.4, -0.2) is 0 Å². The van der Waals surface area contributed by atoms with Crippen LogP contribution in [0, 0.1) is 0 Å². The maximum atomic E-state index is 2.30. The summed E-state index contributed by atoms with van der Waals surface area (Å²) in [6.07, 6.45) is 11.2. The van der Waals surface area contributed by atoms with Crippen LogP contribution in [0.1, 0.15) is 26.7 Å². The minimum Gasteiger partial charge on any atom is -0.0841 e. The smallest absolute Gasteiger partial charge is 0.00949 e. The molecule has 0 radical (unpaired) electrons. The van der Waals surface area contributed by atoms with Crippen molar-refractivity contribution in [1.82, 2.24) is 0 Å². The van der Waals surface area contributed by atoms with E-state index in [2.05, 4.69) is 38.2 Å². The van der Waals surface area contributed by atoms with Crippen molar-refractivity contribution in [2.24, 2.45) is 0 Å². The Morgan fingerprint density at radius 1 is 1.50 bits per heavy atom. The second kappa shape index (κ2) is 3.40. The summed E-state index contributed by atoms with van der Waals surface area (Å²) in [5.41, 5.74) is 2.89. The molecule has 0 amide bonds. The second-order valence-electron chi connectivity index (χ2n) is 2.53. The molecule has 0 atom stereocenters. The molecule has 0 bridgehead atoms. The average Bonchev–Trinajstić information content (AvgIpc) is 2.05. The molecule has 0 saturated carbocycles. The summed E-state index contributed by atoms with van der Waals surface area (Å²) in [6.45, 7) is 4.28. The lowest BCUT2D eigenvalue weighted by Gasteiger charge is -2.05. The van der Waals surface area contributed by atoms with Crippen LogP contribution in [-0.2, 0) is 0 Å². The van der Waals surface area contributed by atoms with E-state index in [1.54, 1.807) is 0 Å². The first-order chi connectivity index (χ1) is 4.86. The highest BCUT2D eigenvalue weighted by Gasteiger charge is 1.96. The summed E-state index contributed by atoms with van der Waals surface area (Å²) in [6, 6.07) is 0. The fourth-order valence-electron chi connectivity index (χ4n) is 1.08. The first-order valence-corrected chi connectivity index (χ1v) is 3.89. The predicted molar refractivity (Wildman–Crippen MR) is 45.9 cm³/mol. The molecule has 1 rings (SSSR count). The average molecular weight is 134 g/mol. The van der Waals surface area contributed by atoms with Gasteiger partial charge in [-0.25, -0.2) is 0 Å². The Bertz CT molecular complexity index is 192. The third kappa shape index (κ3) is 1.60. The van der Waals surface area contributed by atoms with Crippen LogP contribution in [0.5, 0.6) is 0 Å². The van der Waals surface area contributed by atoms with E-state index in [1.807, 2.05) is 0 Å². The lowest BCUT2D eigenvalue weighted by atomic mass is 10.0. The molecule has 54 valence electrons. The number of hydrogen-bond acceptors (Lipinski definition) is 0. The SMILES string of the molecule is C/C=C1/C=CC(CC)=CC1. The Morgan fingerprint density at radius 2 is 2.30 bits per heavy atom. The van der Waals surface area contributed by atoms with Gasteiger partial charge in [0.05, 0.1) is 0 Å². The molecule has 0 N–H and O–H groups in total. The van der Waals surface area contributed by atoms with Crippen molar-refractivity contribution < 1.29 is 0 Å². The number of hydrogen-bond donors (Lipinski definition) is 0. The van der Waals surface area contributed by atoms with E-state index in [1.165, 1.54) is 11.1 Å². The molecule has 0 aromatic carbocycles. The number of rotatable bonds is 1. The van der Waals surface area contributed by atoms with Crippen LogP contribution in [0.25, 0.3) is 0 Å². The van der Waals surface area contributed by atoms with E-state index in [0.717, 1.165) is 12.8 Å². The maximum Gasteiger partial charge on any atom is -0.00949 e. The lowest BCUT2D eigenvalue weighted by Crippen LogP contribution is -1.85. The van der Waals surface area contributed by atoms with Gasteiger partial charge in [-0.3, -0.25) is 0 Å². The van der Waals surface area contributed by atoms with Crippen LogP contribution in [0.2, 0.25) is 0 Å². The molecule has 0 aromatic rings. The van der Waals surface area contributed by atoms with E-state index in [0.29, 0.717) is 0 Å². The molecule has 1 aliphatic carbocycles. The largest absolute Gasteiger partial charge is 0.0841 e. The molecule has 0 nitrogen and oxygen atoms in total. The quantitative estimate of drug-likeness (QED) is 0.516. The van der Waals surface area contributed by atoms with Crippen LogP contribution >= 0.6 is 0 Å². The topological polar surface area (TPSA) is 0 Å². The molecular weight excluding hydrogens is 120 g/mol. The molecule has 1 aliphatic rings. The fourth-order valence-corrected chi connectivity index (χ4v) is 1.08. The van der Waals surface area contributed by atoms with Gasteiger partial charge >= 0.3 is 0 Å². The summed E-state index contributed by atoms with van der Waals surface area (Å²) in [7, 11) is 0. The van der Waals surface area contributed by atoms with Crippen molar-refractivity contribution in [3.05, 3.63) is 35.5 Å². The van der Waals surface area contributed by atoms with Crippen molar-refractivity contribution in [2.75, 3.05) is 0 Å². The predicted octanol–water partition coefficient (Wildman–Crippen LogP) is 3.23. The van der Waals surface area contributed by atoms with Crippen LogP contribution in [0.4, 0.5) is 0 Å². The van der Waals surface area contributed by atoms with Crippen LogP contribution in [0.3, 0.4) is 0 Å². The molecule has 0 spiro atoms. The normalized spacial score (nSPS) is 21.4. The Kier molecular flexibility index (Phi) is 2.49. The van der Waals surface area contributed by atoms with Gasteiger partial charge in [0, 0.05) is 0 Å². The molecule has 0 aromatic heterocycles. The summed E-state index contributed by atoms with van der Waals surface area (Å²) >= 11 is 0. The van der Waals surface area contributed by atoms with Gasteiger partial charge in [0.15, 0.2) is 0 Å². The molecule has 0 heterocycles. The standard InChI is InChI=1S/C10H14/c1-3-9-5-7-10(4-2)8-6-9/h3,5,7-8H,4,6H2,1-2H3/b9-3-. The highest BCUT2D eigenvalue weighted by atomic mass is 14.0. The number of allylic oxidation sites excluding steroid dienone is 6. The summed E-state index contributed by atoms with van der Waals surface area (Å²) < 4.78 is 0. The molecule has 0 fully saturated rings. The highest BCUT2D eigenvalue weighted by molar-refractivity contribution is 5.34. The van der Waals surface area contributed by atoms with Gasteiger partial charge in [-0.1, -0.05) is 36.8 Å². The van der Waals surface area contributed by atoms with E-state index in [4.69, 9.17) is 0 Å². The zero-order valence-electron chi connectivity index (χ0n) is 6.72. The molecular formula is C10H14.